The van der Waals surface area contributed by atoms with Crippen molar-refractivity contribution in [2.45, 2.75) is 71.4 Å². The molecule has 114 valence electrons. The molecule has 1 heterocycles. The Balaban J connectivity index is 2.04. The van der Waals surface area contributed by atoms with E-state index in [1.54, 1.807) is 0 Å². The molecule has 1 aliphatic carbocycles. The Kier molecular flexibility index (Phi) is 4.63. The molecule has 1 aromatic rings. The lowest BCUT2D eigenvalue weighted by molar-refractivity contribution is 0.354. The van der Waals surface area contributed by atoms with E-state index in [-0.39, 0.29) is 5.41 Å². The molecule has 2 rings (SSSR count). The molecule has 0 spiro atoms. The van der Waals surface area contributed by atoms with Crippen molar-refractivity contribution in [1.82, 2.24) is 5.32 Å². The summed E-state index contributed by atoms with van der Waals surface area (Å²) in [6.07, 6.45) is 3.86. The van der Waals surface area contributed by atoms with Crippen LogP contribution in [0, 0.1) is 5.41 Å². The zero-order chi connectivity index (χ0) is 15.0. The lowest BCUT2D eigenvalue weighted by Crippen LogP contribution is -2.35. The first-order valence-electron chi connectivity index (χ1n) is 7.78. The summed E-state index contributed by atoms with van der Waals surface area (Å²) in [4.78, 5) is 2.83. The zero-order valence-corrected chi connectivity index (χ0v) is 14.4. The number of nitrogens with two attached hydrogens (primary N) is 1. The van der Waals surface area contributed by atoms with Gasteiger partial charge in [-0.05, 0) is 42.2 Å². The standard InChI is InChI=1S/C17H30N2S/c1-16(2,3)15-7-6-14(20-15)13(11-18)19-12-8-9-17(4,5)10-12/h6-7,12-13,19H,8-11,18H2,1-5H3. The van der Waals surface area contributed by atoms with Gasteiger partial charge in [0.1, 0.15) is 0 Å². The third kappa shape index (κ3) is 3.84. The summed E-state index contributed by atoms with van der Waals surface area (Å²) in [5.41, 5.74) is 6.74. The van der Waals surface area contributed by atoms with Crippen LogP contribution < -0.4 is 11.1 Å². The molecule has 1 aliphatic rings. The molecule has 0 saturated heterocycles. The molecular formula is C17H30N2S. The van der Waals surface area contributed by atoms with Crippen LogP contribution in [0.15, 0.2) is 12.1 Å². The van der Waals surface area contributed by atoms with Crippen molar-refractivity contribution in [2.75, 3.05) is 6.54 Å². The molecule has 1 aromatic heterocycles. The lowest BCUT2D eigenvalue weighted by atomic mass is 9.92. The Morgan fingerprint density at radius 2 is 2.10 bits per heavy atom. The van der Waals surface area contributed by atoms with Gasteiger partial charge in [0.05, 0.1) is 6.04 Å². The fraction of sp³-hybridized carbons (Fsp3) is 0.765. The third-order valence-electron chi connectivity index (χ3n) is 4.35. The van der Waals surface area contributed by atoms with Crippen LogP contribution in [0.5, 0.6) is 0 Å². The van der Waals surface area contributed by atoms with Crippen LogP contribution in [0.25, 0.3) is 0 Å². The molecule has 1 fully saturated rings. The smallest absolute Gasteiger partial charge is 0.0541 e. The van der Waals surface area contributed by atoms with Crippen molar-refractivity contribution in [1.29, 1.82) is 0 Å². The lowest BCUT2D eigenvalue weighted by Gasteiger charge is -2.23. The van der Waals surface area contributed by atoms with Gasteiger partial charge >= 0.3 is 0 Å². The first kappa shape index (κ1) is 16.0. The molecule has 0 aliphatic heterocycles. The summed E-state index contributed by atoms with van der Waals surface area (Å²) >= 11 is 1.91. The number of hydrogen-bond acceptors (Lipinski definition) is 3. The van der Waals surface area contributed by atoms with Crippen molar-refractivity contribution in [3.63, 3.8) is 0 Å². The van der Waals surface area contributed by atoms with Crippen LogP contribution in [-0.2, 0) is 5.41 Å². The third-order valence-corrected chi connectivity index (χ3v) is 5.98. The van der Waals surface area contributed by atoms with E-state index in [1.165, 1.54) is 29.0 Å². The molecular weight excluding hydrogens is 264 g/mol. The van der Waals surface area contributed by atoms with Gasteiger partial charge in [0, 0.05) is 22.3 Å². The molecule has 1 saturated carbocycles. The number of rotatable bonds is 4. The van der Waals surface area contributed by atoms with E-state index in [0.29, 0.717) is 24.0 Å². The maximum absolute atomic E-state index is 6.01. The Morgan fingerprint density at radius 1 is 1.40 bits per heavy atom. The molecule has 20 heavy (non-hydrogen) atoms. The van der Waals surface area contributed by atoms with Crippen LogP contribution in [0.3, 0.4) is 0 Å². The summed E-state index contributed by atoms with van der Waals surface area (Å²) in [6.45, 7) is 12.2. The maximum atomic E-state index is 6.01. The first-order valence-corrected chi connectivity index (χ1v) is 8.59. The molecule has 0 amide bonds. The molecule has 2 atom stereocenters. The molecule has 3 heteroatoms. The summed E-state index contributed by atoms with van der Waals surface area (Å²) in [7, 11) is 0. The van der Waals surface area contributed by atoms with Gasteiger partial charge in [0.15, 0.2) is 0 Å². The van der Waals surface area contributed by atoms with E-state index < -0.39 is 0 Å². The highest BCUT2D eigenvalue weighted by molar-refractivity contribution is 7.12. The van der Waals surface area contributed by atoms with Crippen LogP contribution in [0.2, 0.25) is 0 Å². The van der Waals surface area contributed by atoms with Gasteiger partial charge < -0.3 is 11.1 Å². The van der Waals surface area contributed by atoms with Gasteiger partial charge in [-0.15, -0.1) is 11.3 Å². The highest BCUT2D eigenvalue weighted by Gasteiger charge is 2.32. The predicted octanol–water partition coefficient (Wildman–Crippen LogP) is 4.21. The number of thiophene rings is 1. The fourth-order valence-corrected chi connectivity index (χ4v) is 4.21. The van der Waals surface area contributed by atoms with Crippen LogP contribution >= 0.6 is 11.3 Å². The van der Waals surface area contributed by atoms with E-state index in [0.717, 1.165) is 0 Å². The summed E-state index contributed by atoms with van der Waals surface area (Å²) < 4.78 is 0. The van der Waals surface area contributed by atoms with Gasteiger partial charge in [0.2, 0.25) is 0 Å². The number of nitrogens with one attached hydrogen (secondary N) is 1. The fourth-order valence-electron chi connectivity index (χ4n) is 3.07. The Hall–Kier alpha value is -0.380. The van der Waals surface area contributed by atoms with E-state index in [9.17, 15) is 0 Å². The normalized spacial score (nSPS) is 24.0. The number of hydrogen-bond donors (Lipinski definition) is 2. The molecule has 0 aromatic carbocycles. The minimum absolute atomic E-state index is 0.234. The van der Waals surface area contributed by atoms with E-state index in [4.69, 9.17) is 5.73 Å². The highest BCUT2D eigenvalue weighted by atomic mass is 32.1. The van der Waals surface area contributed by atoms with Gasteiger partial charge in [-0.3, -0.25) is 0 Å². The van der Waals surface area contributed by atoms with E-state index >= 15 is 0 Å². The van der Waals surface area contributed by atoms with Crippen molar-refractivity contribution in [3.05, 3.63) is 21.9 Å². The predicted molar refractivity (Wildman–Crippen MR) is 89.4 cm³/mol. The van der Waals surface area contributed by atoms with Crippen molar-refractivity contribution < 1.29 is 0 Å². The van der Waals surface area contributed by atoms with Gasteiger partial charge in [0.25, 0.3) is 0 Å². The summed E-state index contributed by atoms with van der Waals surface area (Å²) in [5, 5.41) is 3.79. The van der Waals surface area contributed by atoms with Gasteiger partial charge in [-0.25, -0.2) is 0 Å². The molecule has 3 N–H and O–H groups in total. The Morgan fingerprint density at radius 3 is 2.55 bits per heavy atom. The van der Waals surface area contributed by atoms with E-state index in [2.05, 4.69) is 52.1 Å². The maximum Gasteiger partial charge on any atom is 0.0541 e. The van der Waals surface area contributed by atoms with Crippen LogP contribution in [-0.4, -0.2) is 12.6 Å². The summed E-state index contributed by atoms with van der Waals surface area (Å²) in [5.74, 6) is 0. The van der Waals surface area contributed by atoms with Crippen molar-refractivity contribution in [2.24, 2.45) is 11.1 Å². The second-order valence-corrected chi connectivity index (χ2v) is 9.13. The molecule has 0 radical (unpaired) electrons. The highest BCUT2D eigenvalue weighted by Crippen LogP contribution is 2.38. The Bertz CT molecular complexity index is 442. The SMILES string of the molecule is CC1(C)CCC(NC(CN)c2ccc(C(C)(C)C)s2)C1. The molecule has 2 unspecified atom stereocenters. The molecule has 2 nitrogen and oxygen atoms in total. The van der Waals surface area contributed by atoms with Crippen molar-refractivity contribution in [3.8, 4) is 0 Å². The quantitative estimate of drug-likeness (QED) is 0.873. The van der Waals surface area contributed by atoms with E-state index in [1.807, 2.05) is 11.3 Å². The monoisotopic (exact) mass is 294 g/mol. The average Bonchev–Trinajstić information content (AvgIpc) is 2.92. The Labute approximate surface area is 128 Å². The topological polar surface area (TPSA) is 38.0 Å². The molecule has 0 bridgehead atoms. The summed E-state index contributed by atoms with van der Waals surface area (Å²) in [6, 6.07) is 5.47. The average molecular weight is 295 g/mol. The second kappa shape index (κ2) is 5.78. The van der Waals surface area contributed by atoms with Crippen LogP contribution in [0.1, 0.15) is 69.7 Å². The van der Waals surface area contributed by atoms with Crippen LogP contribution in [0.4, 0.5) is 0 Å². The largest absolute Gasteiger partial charge is 0.329 e. The minimum atomic E-state index is 0.234. The second-order valence-electron chi connectivity index (χ2n) is 8.01. The van der Waals surface area contributed by atoms with Gasteiger partial charge in [-0.2, -0.15) is 0 Å². The van der Waals surface area contributed by atoms with Crippen molar-refractivity contribution >= 4 is 11.3 Å². The zero-order valence-electron chi connectivity index (χ0n) is 13.6. The minimum Gasteiger partial charge on any atom is -0.329 e. The first-order chi connectivity index (χ1) is 9.21. The van der Waals surface area contributed by atoms with Gasteiger partial charge in [-0.1, -0.05) is 34.6 Å².